The van der Waals surface area contributed by atoms with Crippen molar-refractivity contribution in [2.24, 2.45) is 5.92 Å². The second kappa shape index (κ2) is 8.79. The summed E-state index contributed by atoms with van der Waals surface area (Å²) in [6.07, 6.45) is 1.07. The maximum absolute atomic E-state index is 5.85. The summed E-state index contributed by atoms with van der Waals surface area (Å²) in [5, 5.41) is 3.47. The smallest absolute Gasteiger partial charge is 0.158 e. The monoisotopic (exact) mass is 295 g/mol. The van der Waals surface area contributed by atoms with Crippen LogP contribution in [0.2, 0.25) is 0 Å². The van der Waals surface area contributed by atoms with Gasteiger partial charge in [0.2, 0.25) is 0 Å². The van der Waals surface area contributed by atoms with E-state index in [0.29, 0.717) is 36.8 Å². The number of nitrogens with zero attached hydrogens (tertiary/aromatic N) is 3. The van der Waals surface area contributed by atoms with Crippen LogP contribution in [0.25, 0.3) is 0 Å². The van der Waals surface area contributed by atoms with Crippen molar-refractivity contribution in [3.8, 4) is 0 Å². The molecule has 0 amide bonds. The molecule has 0 aliphatic carbocycles. The molecular formula is C15H29N5O. The fourth-order valence-electron chi connectivity index (χ4n) is 2.25. The van der Waals surface area contributed by atoms with Gasteiger partial charge in [-0.15, -0.1) is 0 Å². The Morgan fingerprint density at radius 3 is 2.62 bits per heavy atom. The molecule has 0 radical (unpaired) electrons. The van der Waals surface area contributed by atoms with Gasteiger partial charge in [-0.2, -0.15) is 0 Å². The average Bonchev–Trinajstić information content (AvgIpc) is 2.33. The van der Waals surface area contributed by atoms with Crippen LogP contribution in [0.4, 0.5) is 11.6 Å². The molecule has 0 saturated carbocycles. The van der Waals surface area contributed by atoms with E-state index in [-0.39, 0.29) is 0 Å². The Hall–Kier alpha value is -1.40. The SMILES string of the molecule is CCOCc1nc(N)cc(NC(CC(C)C)CN(C)C)n1. The quantitative estimate of drug-likeness (QED) is 0.725. The average molecular weight is 295 g/mol. The molecule has 21 heavy (non-hydrogen) atoms. The van der Waals surface area contributed by atoms with E-state index in [0.717, 1.165) is 18.8 Å². The lowest BCUT2D eigenvalue weighted by Crippen LogP contribution is -2.34. The summed E-state index contributed by atoms with van der Waals surface area (Å²) in [4.78, 5) is 10.8. The van der Waals surface area contributed by atoms with Crippen molar-refractivity contribution >= 4 is 11.6 Å². The number of nitrogen functional groups attached to an aromatic ring is 1. The number of hydrogen-bond acceptors (Lipinski definition) is 6. The number of likely N-dealkylation sites (N-methyl/N-ethyl adjacent to an activating group) is 1. The minimum Gasteiger partial charge on any atom is -0.384 e. The highest BCUT2D eigenvalue weighted by molar-refractivity contribution is 5.45. The molecule has 0 fully saturated rings. The topological polar surface area (TPSA) is 76.3 Å². The first kappa shape index (κ1) is 17.7. The van der Waals surface area contributed by atoms with E-state index in [4.69, 9.17) is 10.5 Å². The third-order valence-corrected chi connectivity index (χ3v) is 2.92. The van der Waals surface area contributed by atoms with Gasteiger partial charge < -0.3 is 20.7 Å². The van der Waals surface area contributed by atoms with Gasteiger partial charge in [0, 0.05) is 25.3 Å². The summed E-state index contributed by atoms with van der Waals surface area (Å²) in [5.41, 5.74) is 5.85. The molecule has 6 heteroatoms. The lowest BCUT2D eigenvalue weighted by atomic mass is 10.0. The van der Waals surface area contributed by atoms with E-state index >= 15 is 0 Å². The van der Waals surface area contributed by atoms with E-state index < -0.39 is 0 Å². The maximum atomic E-state index is 5.85. The fourth-order valence-corrected chi connectivity index (χ4v) is 2.25. The molecule has 1 heterocycles. The molecule has 0 saturated heterocycles. The second-order valence-electron chi connectivity index (χ2n) is 5.96. The predicted octanol–water partition coefficient (Wildman–Crippen LogP) is 1.98. The Labute approximate surface area is 128 Å². The van der Waals surface area contributed by atoms with Crippen molar-refractivity contribution in [1.82, 2.24) is 14.9 Å². The number of aromatic nitrogens is 2. The summed E-state index contributed by atoms with van der Waals surface area (Å²) < 4.78 is 5.35. The summed E-state index contributed by atoms with van der Waals surface area (Å²) in [7, 11) is 4.15. The number of anilines is 2. The van der Waals surface area contributed by atoms with Crippen molar-refractivity contribution in [3.63, 3.8) is 0 Å². The van der Waals surface area contributed by atoms with E-state index in [1.54, 1.807) is 6.07 Å². The summed E-state index contributed by atoms with van der Waals surface area (Å²) in [6.45, 7) is 8.36. The number of nitrogens with two attached hydrogens (primary N) is 1. The van der Waals surface area contributed by atoms with Gasteiger partial charge in [0.15, 0.2) is 5.82 Å². The second-order valence-corrected chi connectivity index (χ2v) is 5.96. The van der Waals surface area contributed by atoms with Crippen LogP contribution in [0, 0.1) is 5.92 Å². The lowest BCUT2D eigenvalue weighted by molar-refractivity contribution is 0.128. The number of hydrogen-bond donors (Lipinski definition) is 2. The molecule has 1 aromatic rings. The molecule has 1 atom stereocenters. The normalized spacial score (nSPS) is 12.9. The van der Waals surface area contributed by atoms with Crippen molar-refractivity contribution in [1.29, 1.82) is 0 Å². The zero-order valence-corrected chi connectivity index (χ0v) is 13.9. The Bertz CT molecular complexity index is 413. The van der Waals surface area contributed by atoms with Crippen LogP contribution < -0.4 is 11.1 Å². The Morgan fingerprint density at radius 1 is 1.33 bits per heavy atom. The molecule has 1 rings (SSSR count). The van der Waals surface area contributed by atoms with E-state index in [9.17, 15) is 0 Å². The van der Waals surface area contributed by atoms with Crippen LogP contribution in [0.1, 0.15) is 33.0 Å². The zero-order chi connectivity index (χ0) is 15.8. The van der Waals surface area contributed by atoms with Crippen LogP contribution >= 0.6 is 0 Å². The molecule has 0 spiro atoms. The predicted molar refractivity (Wildman–Crippen MR) is 87.2 cm³/mol. The van der Waals surface area contributed by atoms with Gasteiger partial charge in [0.1, 0.15) is 18.2 Å². The summed E-state index contributed by atoms with van der Waals surface area (Å²) in [6, 6.07) is 2.10. The van der Waals surface area contributed by atoms with Gasteiger partial charge in [-0.05, 0) is 33.4 Å². The summed E-state index contributed by atoms with van der Waals surface area (Å²) in [5.74, 6) is 2.47. The molecule has 0 aromatic carbocycles. The zero-order valence-electron chi connectivity index (χ0n) is 13.9. The highest BCUT2D eigenvalue weighted by Crippen LogP contribution is 2.14. The van der Waals surface area contributed by atoms with Gasteiger partial charge >= 0.3 is 0 Å². The minimum atomic E-state index is 0.328. The molecule has 0 aliphatic heterocycles. The third kappa shape index (κ3) is 7.24. The summed E-state index contributed by atoms with van der Waals surface area (Å²) >= 11 is 0. The molecule has 1 aromatic heterocycles. The number of ether oxygens (including phenoxy) is 1. The van der Waals surface area contributed by atoms with Crippen LogP contribution in [-0.2, 0) is 11.3 Å². The van der Waals surface area contributed by atoms with E-state index in [2.05, 4.69) is 48.1 Å². The van der Waals surface area contributed by atoms with Crippen molar-refractivity contribution in [2.45, 2.75) is 39.8 Å². The van der Waals surface area contributed by atoms with Crippen LogP contribution in [0.5, 0.6) is 0 Å². The van der Waals surface area contributed by atoms with Crippen LogP contribution in [0.15, 0.2) is 6.07 Å². The number of rotatable bonds is 9. The first-order chi connectivity index (χ1) is 9.90. The van der Waals surface area contributed by atoms with Gasteiger partial charge in [-0.3, -0.25) is 0 Å². The van der Waals surface area contributed by atoms with Gasteiger partial charge in [0.05, 0.1) is 0 Å². The number of nitrogens with one attached hydrogen (secondary N) is 1. The Balaban J connectivity index is 2.78. The highest BCUT2D eigenvalue weighted by atomic mass is 16.5. The molecule has 3 N–H and O–H groups in total. The van der Waals surface area contributed by atoms with Crippen molar-refractivity contribution in [3.05, 3.63) is 11.9 Å². The van der Waals surface area contributed by atoms with Gasteiger partial charge in [-0.1, -0.05) is 13.8 Å². The first-order valence-corrected chi connectivity index (χ1v) is 7.53. The minimum absolute atomic E-state index is 0.328. The maximum Gasteiger partial charge on any atom is 0.158 e. The van der Waals surface area contributed by atoms with Crippen LogP contribution in [-0.4, -0.2) is 48.2 Å². The van der Waals surface area contributed by atoms with Crippen molar-refractivity contribution < 1.29 is 4.74 Å². The largest absolute Gasteiger partial charge is 0.384 e. The standard InChI is InChI=1S/C15H29N5O/c1-6-21-10-15-18-13(16)8-14(19-15)17-12(7-11(2)3)9-20(4)5/h8,11-12H,6-7,9-10H2,1-5H3,(H3,16,17,18,19). The van der Waals surface area contributed by atoms with Crippen LogP contribution in [0.3, 0.4) is 0 Å². The fraction of sp³-hybridized carbons (Fsp3) is 0.733. The molecular weight excluding hydrogens is 266 g/mol. The van der Waals surface area contributed by atoms with Gasteiger partial charge in [0.25, 0.3) is 0 Å². The van der Waals surface area contributed by atoms with E-state index in [1.807, 2.05) is 6.92 Å². The van der Waals surface area contributed by atoms with Gasteiger partial charge in [-0.25, -0.2) is 9.97 Å². The Morgan fingerprint density at radius 2 is 2.05 bits per heavy atom. The van der Waals surface area contributed by atoms with E-state index in [1.165, 1.54) is 0 Å². The first-order valence-electron chi connectivity index (χ1n) is 7.53. The third-order valence-electron chi connectivity index (χ3n) is 2.92. The highest BCUT2D eigenvalue weighted by Gasteiger charge is 2.13. The Kier molecular flexibility index (Phi) is 7.39. The molecule has 0 bridgehead atoms. The molecule has 1 unspecified atom stereocenters. The van der Waals surface area contributed by atoms with Crippen molar-refractivity contribution in [2.75, 3.05) is 38.3 Å². The molecule has 0 aliphatic rings. The molecule has 6 nitrogen and oxygen atoms in total. The lowest BCUT2D eigenvalue weighted by Gasteiger charge is -2.24. The molecule has 120 valence electrons.